The molecule has 0 aromatic carbocycles. The zero-order valence-corrected chi connectivity index (χ0v) is 10.5. The summed E-state index contributed by atoms with van der Waals surface area (Å²) < 4.78 is 25.0. The van der Waals surface area contributed by atoms with Crippen molar-refractivity contribution in [3.05, 3.63) is 0 Å². The first-order valence-corrected chi connectivity index (χ1v) is 6.74. The van der Waals surface area contributed by atoms with Gasteiger partial charge in [-0.25, -0.2) is 8.42 Å². The van der Waals surface area contributed by atoms with Gasteiger partial charge in [-0.2, -0.15) is 4.31 Å². The molecule has 0 fully saturated rings. The molecule has 0 aliphatic rings. The second-order valence-electron chi connectivity index (χ2n) is 3.80. The number of rotatable bonds is 7. The van der Waals surface area contributed by atoms with E-state index in [0.717, 1.165) is 0 Å². The third-order valence-corrected chi connectivity index (χ3v) is 4.24. The second kappa shape index (κ2) is 6.07. The monoisotopic (exact) mass is 235 g/mol. The van der Waals surface area contributed by atoms with Gasteiger partial charge in [0.15, 0.2) is 0 Å². The van der Waals surface area contributed by atoms with E-state index in [1.165, 1.54) is 4.31 Å². The number of amidine groups is 1. The SMILES string of the molecule is CCCS(=O)(=O)N(CCC(=N)N)C(C)C. The lowest BCUT2D eigenvalue weighted by Crippen LogP contribution is -2.40. The second-order valence-corrected chi connectivity index (χ2v) is 5.84. The quantitative estimate of drug-likeness (QED) is 0.504. The summed E-state index contributed by atoms with van der Waals surface area (Å²) in [5, 5.41) is 7.09. The van der Waals surface area contributed by atoms with Gasteiger partial charge in [0.2, 0.25) is 10.0 Å². The fourth-order valence-electron chi connectivity index (χ4n) is 1.32. The van der Waals surface area contributed by atoms with E-state index in [1.807, 2.05) is 20.8 Å². The largest absolute Gasteiger partial charge is 0.388 e. The van der Waals surface area contributed by atoms with E-state index in [0.29, 0.717) is 19.4 Å². The molecule has 0 radical (unpaired) electrons. The molecule has 0 atom stereocenters. The molecule has 0 aliphatic heterocycles. The van der Waals surface area contributed by atoms with Gasteiger partial charge in [0.05, 0.1) is 11.6 Å². The minimum atomic E-state index is -3.19. The Morgan fingerprint density at radius 3 is 2.33 bits per heavy atom. The van der Waals surface area contributed by atoms with Crippen molar-refractivity contribution in [2.75, 3.05) is 12.3 Å². The van der Waals surface area contributed by atoms with Crippen molar-refractivity contribution < 1.29 is 8.42 Å². The van der Waals surface area contributed by atoms with E-state index in [-0.39, 0.29) is 17.6 Å². The van der Waals surface area contributed by atoms with Crippen molar-refractivity contribution in [3.63, 3.8) is 0 Å². The van der Waals surface area contributed by atoms with E-state index < -0.39 is 10.0 Å². The fraction of sp³-hybridized carbons (Fsp3) is 0.889. The molecule has 0 amide bonds. The van der Waals surface area contributed by atoms with E-state index >= 15 is 0 Å². The normalized spacial score (nSPS) is 12.3. The maximum absolute atomic E-state index is 11.8. The summed E-state index contributed by atoms with van der Waals surface area (Å²) in [6.45, 7) is 5.79. The van der Waals surface area contributed by atoms with Crippen LogP contribution in [0.2, 0.25) is 0 Å². The van der Waals surface area contributed by atoms with Gasteiger partial charge in [0.25, 0.3) is 0 Å². The molecule has 15 heavy (non-hydrogen) atoms. The van der Waals surface area contributed by atoms with Crippen LogP contribution in [0.25, 0.3) is 0 Å². The molecule has 0 aromatic rings. The predicted molar refractivity (Wildman–Crippen MR) is 62.5 cm³/mol. The van der Waals surface area contributed by atoms with Crippen molar-refractivity contribution >= 4 is 15.9 Å². The Bertz CT molecular complexity index is 298. The first-order valence-electron chi connectivity index (χ1n) is 5.13. The highest BCUT2D eigenvalue weighted by atomic mass is 32.2. The molecule has 0 spiro atoms. The molecule has 0 unspecified atom stereocenters. The average molecular weight is 235 g/mol. The van der Waals surface area contributed by atoms with E-state index in [2.05, 4.69) is 0 Å². The lowest BCUT2D eigenvalue weighted by Gasteiger charge is -2.25. The molecular weight excluding hydrogens is 214 g/mol. The first-order chi connectivity index (χ1) is 6.81. The van der Waals surface area contributed by atoms with E-state index in [9.17, 15) is 8.42 Å². The molecule has 0 bridgehead atoms. The lowest BCUT2D eigenvalue weighted by atomic mass is 10.3. The summed E-state index contributed by atoms with van der Waals surface area (Å²) in [5.74, 6) is 0.177. The van der Waals surface area contributed by atoms with Crippen LogP contribution >= 0.6 is 0 Å². The highest BCUT2D eigenvalue weighted by Crippen LogP contribution is 2.09. The molecule has 0 aromatic heterocycles. The standard InChI is InChI=1S/C9H21N3O2S/c1-4-7-15(13,14)12(8(2)3)6-5-9(10)11/h8H,4-7H2,1-3H3,(H3,10,11). The first kappa shape index (κ1) is 14.4. The number of hydrogen-bond acceptors (Lipinski definition) is 3. The molecule has 6 heteroatoms. The summed E-state index contributed by atoms with van der Waals surface area (Å²) in [6.07, 6.45) is 0.896. The van der Waals surface area contributed by atoms with Gasteiger partial charge in [-0.15, -0.1) is 0 Å². The summed E-state index contributed by atoms with van der Waals surface area (Å²) in [5.41, 5.74) is 5.22. The van der Waals surface area contributed by atoms with Crippen LogP contribution in [-0.2, 0) is 10.0 Å². The van der Waals surface area contributed by atoms with Crippen molar-refractivity contribution in [2.24, 2.45) is 5.73 Å². The Balaban J connectivity index is 4.59. The van der Waals surface area contributed by atoms with Gasteiger partial charge in [-0.3, -0.25) is 5.41 Å². The third kappa shape index (κ3) is 5.13. The van der Waals surface area contributed by atoms with Crippen LogP contribution in [0, 0.1) is 5.41 Å². The Morgan fingerprint density at radius 2 is 2.00 bits per heavy atom. The van der Waals surface area contributed by atoms with Crippen LogP contribution in [0.5, 0.6) is 0 Å². The average Bonchev–Trinajstić information content (AvgIpc) is 2.01. The molecule has 5 nitrogen and oxygen atoms in total. The Morgan fingerprint density at radius 1 is 1.47 bits per heavy atom. The zero-order chi connectivity index (χ0) is 12.1. The minimum Gasteiger partial charge on any atom is -0.388 e. The number of nitrogens with one attached hydrogen (secondary N) is 1. The number of nitrogens with zero attached hydrogens (tertiary/aromatic N) is 1. The van der Waals surface area contributed by atoms with Crippen LogP contribution in [0.1, 0.15) is 33.6 Å². The van der Waals surface area contributed by atoms with E-state index in [4.69, 9.17) is 11.1 Å². The van der Waals surface area contributed by atoms with Crippen molar-refractivity contribution in [1.82, 2.24) is 4.31 Å². The molecule has 0 rings (SSSR count). The summed E-state index contributed by atoms with van der Waals surface area (Å²) in [7, 11) is -3.19. The summed E-state index contributed by atoms with van der Waals surface area (Å²) in [4.78, 5) is 0. The molecule has 90 valence electrons. The highest BCUT2D eigenvalue weighted by molar-refractivity contribution is 7.89. The molecule has 0 aliphatic carbocycles. The van der Waals surface area contributed by atoms with Gasteiger partial charge >= 0.3 is 0 Å². The number of sulfonamides is 1. The van der Waals surface area contributed by atoms with Crippen LogP contribution in [-0.4, -0.2) is 36.9 Å². The number of nitrogens with two attached hydrogens (primary N) is 1. The van der Waals surface area contributed by atoms with Crippen LogP contribution in [0.4, 0.5) is 0 Å². The summed E-state index contributed by atoms with van der Waals surface area (Å²) >= 11 is 0. The lowest BCUT2D eigenvalue weighted by molar-refractivity contribution is 0.361. The van der Waals surface area contributed by atoms with Crippen molar-refractivity contribution in [1.29, 1.82) is 5.41 Å². The van der Waals surface area contributed by atoms with Gasteiger partial charge < -0.3 is 5.73 Å². The maximum Gasteiger partial charge on any atom is 0.214 e. The van der Waals surface area contributed by atoms with Gasteiger partial charge in [0, 0.05) is 19.0 Å². The van der Waals surface area contributed by atoms with Crippen LogP contribution < -0.4 is 5.73 Å². The molecule has 0 saturated heterocycles. The Kier molecular flexibility index (Phi) is 5.82. The van der Waals surface area contributed by atoms with Gasteiger partial charge in [0.1, 0.15) is 0 Å². The predicted octanol–water partition coefficient (Wildman–Crippen LogP) is 0.763. The topological polar surface area (TPSA) is 87.2 Å². The highest BCUT2D eigenvalue weighted by Gasteiger charge is 2.23. The summed E-state index contributed by atoms with van der Waals surface area (Å²) in [6, 6.07) is -0.0825. The fourth-order valence-corrected chi connectivity index (χ4v) is 3.09. The Hall–Kier alpha value is -0.620. The zero-order valence-electron chi connectivity index (χ0n) is 9.66. The van der Waals surface area contributed by atoms with Gasteiger partial charge in [-0.1, -0.05) is 6.92 Å². The molecule has 3 N–H and O–H groups in total. The van der Waals surface area contributed by atoms with Crippen molar-refractivity contribution in [3.8, 4) is 0 Å². The smallest absolute Gasteiger partial charge is 0.214 e. The minimum absolute atomic E-state index is 0.0207. The van der Waals surface area contributed by atoms with Crippen LogP contribution in [0.15, 0.2) is 0 Å². The van der Waals surface area contributed by atoms with E-state index in [1.54, 1.807) is 0 Å². The van der Waals surface area contributed by atoms with Gasteiger partial charge in [-0.05, 0) is 20.3 Å². The van der Waals surface area contributed by atoms with Crippen molar-refractivity contribution in [2.45, 2.75) is 39.7 Å². The maximum atomic E-state index is 11.8. The molecular formula is C9H21N3O2S. The Labute approximate surface area is 92.2 Å². The third-order valence-electron chi connectivity index (χ3n) is 2.00. The molecule has 0 heterocycles. The molecule has 0 saturated carbocycles. The number of hydrogen-bond donors (Lipinski definition) is 2. The van der Waals surface area contributed by atoms with Crippen LogP contribution in [0.3, 0.4) is 0 Å².